The van der Waals surface area contributed by atoms with Crippen molar-refractivity contribution in [3.05, 3.63) is 52.2 Å². The first-order valence-electron chi connectivity index (χ1n) is 5.47. The molecule has 2 aromatic rings. The number of thioether (sulfide) groups is 1. The molecule has 0 aliphatic rings. The minimum atomic E-state index is 0.291. The Kier molecular flexibility index (Phi) is 4.40. The van der Waals surface area contributed by atoms with E-state index in [1.54, 1.807) is 23.1 Å². The van der Waals surface area contributed by atoms with Crippen LogP contribution in [0.5, 0.6) is 0 Å². The maximum Gasteiger partial charge on any atom is 0.148 e. The smallest absolute Gasteiger partial charge is 0.148 e. The lowest BCUT2D eigenvalue weighted by atomic mass is 10.2. The van der Waals surface area contributed by atoms with Crippen molar-refractivity contribution in [2.45, 2.75) is 18.2 Å². The number of thiophene rings is 1. The van der Waals surface area contributed by atoms with Crippen molar-refractivity contribution in [3.63, 3.8) is 0 Å². The molecule has 0 bridgehead atoms. The van der Waals surface area contributed by atoms with Gasteiger partial charge in [0.15, 0.2) is 0 Å². The summed E-state index contributed by atoms with van der Waals surface area (Å²) in [7, 11) is 0. The molecule has 2 rings (SSSR count). The molecule has 0 fully saturated rings. The van der Waals surface area contributed by atoms with Gasteiger partial charge >= 0.3 is 0 Å². The number of aryl methyl sites for hydroxylation is 1. The van der Waals surface area contributed by atoms with E-state index in [9.17, 15) is 4.79 Å². The molecule has 1 nitrogen and oxygen atoms in total. The summed E-state index contributed by atoms with van der Waals surface area (Å²) in [5.74, 6) is 0.848. The Morgan fingerprint density at radius 1 is 1.29 bits per heavy atom. The molecule has 88 valence electrons. The topological polar surface area (TPSA) is 17.1 Å². The Balaban J connectivity index is 1.84. The molecule has 0 saturated heterocycles. The Hall–Kier alpha value is -1.06. The summed E-state index contributed by atoms with van der Waals surface area (Å²) >= 11 is 3.26. The highest BCUT2D eigenvalue weighted by Crippen LogP contribution is 2.20. The Labute approximate surface area is 110 Å². The van der Waals surface area contributed by atoms with Gasteiger partial charge in [0, 0.05) is 16.2 Å². The minimum absolute atomic E-state index is 0.291. The number of carbonyl (C=O) groups excluding carboxylic acids is 1. The van der Waals surface area contributed by atoms with Crippen LogP contribution in [0.15, 0.2) is 46.7 Å². The second kappa shape index (κ2) is 6.03. The number of benzene rings is 1. The molecule has 0 atom stereocenters. The predicted octanol–water partition coefficient (Wildman–Crippen LogP) is 3.96. The fraction of sp³-hybridized carbons (Fsp3) is 0.214. The van der Waals surface area contributed by atoms with Crippen molar-refractivity contribution >= 4 is 28.9 Å². The van der Waals surface area contributed by atoms with Crippen LogP contribution >= 0.6 is 23.1 Å². The van der Waals surface area contributed by atoms with Crippen molar-refractivity contribution in [1.82, 2.24) is 0 Å². The zero-order valence-electron chi connectivity index (χ0n) is 9.68. The Morgan fingerprint density at radius 2 is 2.18 bits per heavy atom. The van der Waals surface area contributed by atoms with Crippen LogP contribution in [0.3, 0.4) is 0 Å². The van der Waals surface area contributed by atoms with Crippen LogP contribution in [0.1, 0.15) is 10.4 Å². The highest BCUT2D eigenvalue weighted by molar-refractivity contribution is 8.00. The van der Waals surface area contributed by atoms with Crippen LogP contribution in [0.4, 0.5) is 0 Å². The van der Waals surface area contributed by atoms with Gasteiger partial charge in [-0.2, -0.15) is 0 Å². The predicted molar refractivity (Wildman–Crippen MR) is 74.9 cm³/mol. The molecule has 17 heavy (non-hydrogen) atoms. The van der Waals surface area contributed by atoms with Crippen LogP contribution in [0.25, 0.3) is 0 Å². The second-order valence-electron chi connectivity index (χ2n) is 3.90. The van der Waals surface area contributed by atoms with Crippen LogP contribution in [-0.4, -0.2) is 11.5 Å². The second-order valence-corrected chi connectivity index (χ2v) is 5.98. The number of hydrogen-bond acceptors (Lipinski definition) is 3. The standard InChI is InChI=1S/C14H14OS2/c1-11-4-2-5-13(8-11)17-10-12(15)9-14-6-3-7-16-14/h2-8H,9-10H2,1H3. The molecule has 3 heteroatoms. The van der Waals surface area contributed by atoms with Gasteiger partial charge in [-0.3, -0.25) is 4.79 Å². The van der Waals surface area contributed by atoms with Crippen molar-refractivity contribution in [2.24, 2.45) is 0 Å². The lowest BCUT2D eigenvalue weighted by Crippen LogP contribution is -2.04. The summed E-state index contributed by atoms with van der Waals surface area (Å²) in [6.45, 7) is 2.07. The van der Waals surface area contributed by atoms with Gasteiger partial charge in [-0.05, 0) is 30.5 Å². The SMILES string of the molecule is Cc1cccc(SCC(=O)Cc2cccs2)c1. The average Bonchev–Trinajstić information content (AvgIpc) is 2.79. The van der Waals surface area contributed by atoms with E-state index in [0.29, 0.717) is 18.0 Å². The molecular weight excluding hydrogens is 248 g/mol. The average molecular weight is 262 g/mol. The molecule has 0 saturated carbocycles. The number of hydrogen-bond donors (Lipinski definition) is 0. The van der Waals surface area contributed by atoms with E-state index in [4.69, 9.17) is 0 Å². The van der Waals surface area contributed by atoms with Crippen molar-refractivity contribution in [2.75, 3.05) is 5.75 Å². The van der Waals surface area contributed by atoms with E-state index >= 15 is 0 Å². The summed E-state index contributed by atoms with van der Waals surface area (Å²) in [6, 6.07) is 12.3. The summed E-state index contributed by atoms with van der Waals surface area (Å²) in [5.41, 5.74) is 1.24. The van der Waals surface area contributed by atoms with Gasteiger partial charge < -0.3 is 0 Å². The molecule has 0 N–H and O–H groups in total. The largest absolute Gasteiger partial charge is 0.298 e. The monoisotopic (exact) mass is 262 g/mol. The maximum absolute atomic E-state index is 11.8. The normalized spacial score (nSPS) is 10.4. The molecule has 0 aliphatic heterocycles. The van der Waals surface area contributed by atoms with Crippen LogP contribution in [0.2, 0.25) is 0 Å². The van der Waals surface area contributed by atoms with E-state index in [2.05, 4.69) is 25.1 Å². The van der Waals surface area contributed by atoms with Gasteiger partial charge in [0.05, 0.1) is 5.75 Å². The zero-order valence-corrected chi connectivity index (χ0v) is 11.3. The Bertz CT molecular complexity index is 489. The first-order valence-corrected chi connectivity index (χ1v) is 7.34. The molecule has 0 radical (unpaired) electrons. The molecule has 1 heterocycles. The molecule has 0 amide bonds. The van der Waals surface area contributed by atoms with E-state index < -0.39 is 0 Å². The number of carbonyl (C=O) groups is 1. The minimum Gasteiger partial charge on any atom is -0.298 e. The van der Waals surface area contributed by atoms with Crippen molar-refractivity contribution in [3.8, 4) is 0 Å². The Morgan fingerprint density at radius 3 is 2.88 bits per heavy atom. The third kappa shape index (κ3) is 4.02. The number of ketones is 1. The van der Waals surface area contributed by atoms with Gasteiger partial charge in [0.1, 0.15) is 5.78 Å². The molecule has 1 aromatic carbocycles. The van der Waals surface area contributed by atoms with Crippen molar-refractivity contribution in [1.29, 1.82) is 0 Å². The quantitative estimate of drug-likeness (QED) is 0.759. The summed E-state index contributed by atoms with van der Waals surface area (Å²) < 4.78 is 0. The van der Waals surface area contributed by atoms with Gasteiger partial charge in [-0.25, -0.2) is 0 Å². The zero-order chi connectivity index (χ0) is 12.1. The van der Waals surface area contributed by atoms with Gasteiger partial charge in [0.25, 0.3) is 0 Å². The summed E-state index contributed by atoms with van der Waals surface area (Å²) in [6.07, 6.45) is 0.566. The highest BCUT2D eigenvalue weighted by atomic mass is 32.2. The van der Waals surface area contributed by atoms with Gasteiger partial charge in [0.2, 0.25) is 0 Å². The molecule has 1 aromatic heterocycles. The van der Waals surface area contributed by atoms with Crippen LogP contribution in [-0.2, 0) is 11.2 Å². The van der Waals surface area contributed by atoms with E-state index in [1.165, 1.54) is 10.5 Å². The van der Waals surface area contributed by atoms with Crippen LogP contribution < -0.4 is 0 Å². The van der Waals surface area contributed by atoms with Crippen LogP contribution in [0, 0.1) is 6.92 Å². The first-order chi connectivity index (χ1) is 8.24. The van der Waals surface area contributed by atoms with Gasteiger partial charge in [-0.15, -0.1) is 23.1 Å². The lowest BCUT2D eigenvalue weighted by Gasteiger charge is -2.01. The van der Waals surface area contributed by atoms with E-state index in [1.807, 2.05) is 23.6 Å². The number of Topliss-reactive ketones (excluding diaryl/α,β-unsaturated/α-hetero) is 1. The summed E-state index contributed by atoms with van der Waals surface area (Å²) in [5, 5.41) is 2.01. The fourth-order valence-corrected chi connectivity index (χ4v) is 3.13. The van der Waals surface area contributed by atoms with Gasteiger partial charge in [-0.1, -0.05) is 23.8 Å². The third-order valence-corrected chi connectivity index (χ3v) is 4.27. The van der Waals surface area contributed by atoms with E-state index in [0.717, 1.165) is 4.88 Å². The first kappa shape index (κ1) is 12.4. The maximum atomic E-state index is 11.8. The fourth-order valence-electron chi connectivity index (χ4n) is 1.53. The summed E-state index contributed by atoms with van der Waals surface area (Å²) in [4.78, 5) is 14.1. The molecule has 0 unspecified atom stereocenters. The third-order valence-electron chi connectivity index (χ3n) is 2.34. The molecule has 0 aliphatic carbocycles. The van der Waals surface area contributed by atoms with E-state index in [-0.39, 0.29) is 0 Å². The number of rotatable bonds is 5. The van der Waals surface area contributed by atoms with Crippen molar-refractivity contribution < 1.29 is 4.79 Å². The highest BCUT2D eigenvalue weighted by Gasteiger charge is 2.05. The molecular formula is C14H14OS2. The lowest BCUT2D eigenvalue weighted by molar-refractivity contribution is -0.115. The molecule has 0 spiro atoms.